The number of hydrogen-bond donors (Lipinski definition) is 2. The van der Waals surface area contributed by atoms with E-state index in [4.69, 9.17) is 0 Å². The van der Waals surface area contributed by atoms with Gasteiger partial charge in [0.25, 0.3) is 0 Å². The normalized spacial score (nSPS) is 12.3. The molecule has 2 aromatic rings. The third kappa shape index (κ3) is 4.40. The minimum absolute atomic E-state index is 0.162. The van der Waals surface area contributed by atoms with E-state index in [0.29, 0.717) is 0 Å². The summed E-state index contributed by atoms with van der Waals surface area (Å²) < 4.78 is 0. The number of nitrogens with one attached hydrogen (secondary N) is 1. The third-order valence-electron chi connectivity index (χ3n) is 3.35. The van der Waals surface area contributed by atoms with Gasteiger partial charge < -0.3 is 10.4 Å². The Kier molecular flexibility index (Phi) is 5.65. The van der Waals surface area contributed by atoms with Crippen molar-refractivity contribution >= 4 is 0 Å². The first kappa shape index (κ1) is 14.6. The molecule has 0 radical (unpaired) electrons. The standard InChI is InChI=1S/C16H21N3O/c1-13-15(5-4-8-18-13)11-17-10-14(12-20)9-16-6-2-3-7-19-16/h2-8,14,17,20H,9-12H2,1H3. The van der Waals surface area contributed by atoms with Gasteiger partial charge in [0.1, 0.15) is 0 Å². The van der Waals surface area contributed by atoms with Crippen molar-refractivity contribution in [2.75, 3.05) is 13.2 Å². The number of pyridine rings is 2. The highest BCUT2D eigenvalue weighted by Crippen LogP contribution is 2.06. The van der Waals surface area contributed by atoms with E-state index < -0.39 is 0 Å². The molecule has 2 N–H and O–H groups in total. The zero-order chi connectivity index (χ0) is 14.2. The van der Waals surface area contributed by atoms with Crippen molar-refractivity contribution in [2.45, 2.75) is 19.9 Å². The molecule has 4 heteroatoms. The first-order valence-electron chi connectivity index (χ1n) is 6.91. The fraction of sp³-hybridized carbons (Fsp3) is 0.375. The monoisotopic (exact) mass is 271 g/mol. The topological polar surface area (TPSA) is 58.0 Å². The Morgan fingerprint density at radius 1 is 1.15 bits per heavy atom. The Bertz CT molecular complexity index is 516. The second-order valence-electron chi connectivity index (χ2n) is 4.95. The summed E-state index contributed by atoms with van der Waals surface area (Å²) in [6, 6.07) is 9.89. The molecule has 0 aliphatic rings. The molecule has 2 heterocycles. The molecule has 0 bridgehead atoms. The van der Waals surface area contributed by atoms with Crippen molar-refractivity contribution in [1.82, 2.24) is 15.3 Å². The average Bonchev–Trinajstić information content (AvgIpc) is 2.49. The number of nitrogens with zero attached hydrogens (tertiary/aromatic N) is 2. The zero-order valence-corrected chi connectivity index (χ0v) is 11.8. The number of aromatic nitrogens is 2. The molecule has 4 nitrogen and oxygen atoms in total. The van der Waals surface area contributed by atoms with Crippen LogP contribution in [0, 0.1) is 12.8 Å². The van der Waals surface area contributed by atoms with Crippen LogP contribution >= 0.6 is 0 Å². The van der Waals surface area contributed by atoms with Crippen LogP contribution in [-0.4, -0.2) is 28.2 Å². The molecule has 0 aliphatic carbocycles. The predicted octanol–water partition coefficient (Wildman–Crippen LogP) is 1.73. The molecule has 0 spiro atoms. The molecule has 0 aliphatic heterocycles. The molecule has 1 unspecified atom stereocenters. The van der Waals surface area contributed by atoms with Gasteiger partial charge in [0, 0.05) is 43.5 Å². The number of aliphatic hydroxyl groups is 1. The molecular weight excluding hydrogens is 250 g/mol. The van der Waals surface area contributed by atoms with E-state index in [2.05, 4.69) is 21.4 Å². The minimum Gasteiger partial charge on any atom is -0.396 e. The molecule has 0 fully saturated rings. The van der Waals surface area contributed by atoms with Crippen molar-refractivity contribution in [3.63, 3.8) is 0 Å². The lowest BCUT2D eigenvalue weighted by Crippen LogP contribution is -2.27. The molecule has 0 saturated heterocycles. The van der Waals surface area contributed by atoms with Gasteiger partial charge in [-0.25, -0.2) is 0 Å². The zero-order valence-electron chi connectivity index (χ0n) is 11.8. The van der Waals surface area contributed by atoms with Crippen molar-refractivity contribution in [2.24, 2.45) is 5.92 Å². The third-order valence-corrected chi connectivity index (χ3v) is 3.35. The van der Waals surface area contributed by atoms with Crippen LogP contribution in [-0.2, 0) is 13.0 Å². The van der Waals surface area contributed by atoms with E-state index in [-0.39, 0.29) is 12.5 Å². The summed E-state index contributed by atoms with van der Waals surface area (Å²) in [7, 11) is 0. The molecule has 0 saturated carbocycles. The van der Waals surface area contributed by atoms with Crippen LogP contribution in [0.4, 0.5) is 0 Å². The van der Waals surface area contributed by atoms with Gasteiger partial charge in [-0.1, -0.05) is 12.1 Å². The van der Waals surface area contributed by atoms with Crippen LogP contribution < -0.4 is 5.32 Å². The second kappa shape index (κ2) is 7.72. The van der Waals surface area contributed by atoms with Gasteiger partial charge >= 0.3 is 0 Å². The Morgan fingerprint density at radius 3 is 2.70 bits per heavy atom. The van der Waals surface area contributed by atoms with Gasteiger partial charge in [-0.3, -0.25) is 9.97 Å². The lowest BCUT2D eigenvalue weighted by atomic mass is 10.0. The average molecular weight is 271 g/mol. The lowest BCUT2D eigenvalue weighted by Gasteiger charge is -2.15. The first-order chi connectivity index (χ1) is 9.79. The number of aliphatic hydroxyl groups excluding tert-OH is 1. The Labute approximate surface area is 119 Å². The molecule has 20 heavy (non-hydrogen) atoms. The van der Waals surface area contributed by atoms with Gasteiger partial charge in [-0.05, 0) is 43.0 Å². The molecule has 0 aromatic carbocycles. The van der Waals surface area contributed by atoms with Crippen molar-refractivity contribution < 1.29 is 5.11 Å². The van der Waals surface area contributed by atoms with Gasteiger partial charge in [0.05, 0.1) is 0 Å². The van der Waals surface area contributed by atoms with Crippen LogP contribution in [0.25, 0.3) is 0 Å². The highest BCUT2D eigenvalue weighted by molar-refractivity contribution is 5.17. The maximum Gasteiger partial charge on any atom is 0.0475 e. The van der Waals surface area contributed by atoms with E-state index in [1.54, 1.807) is 12.4 Å². The summed E-state index contributed by atoms with van der Waals surface area (Å²) in [5.74, 6) is 0.182. The molecule has 1 atom stereocenters. The van der Waals surface area contributed by atoms with Crippen LogP contribution in [0.15, 0.2) is 42.7 Å². The molecule has 0 amide bonds. The predicted molar refractivity (Wildman–Crippen MR) is 79.2 cm³/mol. The summed E-state index contributed by atoms with van der Waals surface area (Å²) in [4.78, 5) is 8.56. The molecular formula is C16H21N3O. The van der Waals surface area contributed by atoms with Crippen LogP contribution in [0.2, 0.25) is 0 Å². The maximum absolute atomic E-state index is 9.46. The van der Waals surface area contributed by atoms with Crippen LogP contribution in [0.5, 0.6) is 0 Å². The van der Waals surface area contributed by atoms with Gasteiger partial charge in [-0.2, -0.15) is 0 Å². The quantitative estimate of drug-likeness (QED) is 0.805. The first-order valence-corrected chi connectivity index (χ1v) is 6.91. The summed E-state index contributed by atoms with van der Waals surface area (Å²) in [5, 5.41) is 12.8. The highest BCUT2D eigenvalue weighted by Gasteiger charge is 2.09. The fourth-order valence-corrected chi connectivity index (χ4v) is 2.13. The van der Waals surface area contributed by atoms with E-state index in [1.807, 2.05) is 31.2 Å². The second-order valence-corrected chi connectivity index (χ2v) is 4.95. The molecule has 2 aromatic heterocycles. The Balaban J connectivity index is 1.81. The van der Waals surface area contributed by atoms with Gasteiger partial charge in [0.15, 0.2) is 0 Å². The van der Waals surface area contributed by atoms with Gasteiger partial charge in [0.2, 0.25) is 0 Å². The largest absolute Gasteiger partial charge is 0.396 e. The van der Waals surface area contributed by atoms with Crippen molar-refractivity contribution in [1.29, 1.82) is 0 Å². The Morgan fingerprint density at radius 2 is 2.00 bits per heavy atom. The summed E-state index contributed by atoms with van der Waals surface area (Å²) in [5.41, 5.74) is 3.26. The van der Waals surface area contributed by atoms with Gasteiger partial charge in [-0.15, -0.1) is 0 Å². The van der Waals surface area contributed by atoms with Crippen molar-refractivity contribution in [3.05, 3.63) is 59.7 Å². The summed E-state index contributed by atoms with van der Waals surface area (Å²) in [6.07, 6.45) is 4.38. The highest BCUT2D eigenvalue weighted by atomic mass is 16.3. The lowest BCUT2D eigenvalue weighted by molar-refractivity contribution is 0.220. The van der Waals surface area contributed by atoms with Crippen molar-refractivity contribution in [3.8, 4) is 0 Å². The summed E-state index contributed by atoms with van der Waals surface area (Å²) in [6.45, 7) is 3.71. The number of aryl methyl sites for hydroxylation is 1. The fourth-order valence-electron chi connectivity index (χ4n) is 2.13. The van der Waals surface area contributed by atoms with E-state index in [0.717, 1.165) is 30.9 Å². The number of rotatable bonds is 7. The Hall–Kier alpha value is -1.78. The maximum atomic E-state index is 9.46. The molecule has 2 rings (SSSR count). The smallest absolute Gasteiger partial charge is 0.0475 e. The SMILES string of the molecule is Cc1ncccc1CNCC(CO)Cc1ccccn1. The van der Waals surface area contributed by atoms with Crippen LogP contribution in [0.3, 0.4) is 0 Å². The summed E-state index contributed by atoms with van der Waals surface area (Å²) >= 11 is 0. The molecule has 106 valence electrons. The van der Waals surface area contributed by atoms with E-state index in [9.17, 15) is 5.11 Å². The minimum atomic E-state index is 0.162. The number of hydrogen-bond acceptors (Lipinski definition) is 4. The van der Waals surface area contributed by atoms with E-state index >= 15 is 0 Å². The van der Waals surface area contributed by atoms with Crippen LogP contribution in [0.1, 0.15) is 17.0 Å². The van der Waals surface area contributed by atoms with E-state index in [1.165, 1.54) is 5.56 Å².